The second-order valence-electron chi connectivity index (χ2n) is 4.62. The summed E-state index contributed by atoms with van der Waals surface area (Å²) in [4.78, 5) is 15.4. The second-order valence-corrected chi connectivity index (χ2v) is 6.83. The van der Waals surface area contributed by atoms with Crippen LogP contribution in [0.5, 0.6) is 0 Å². The molecule has 2 N–H and O–H groups in total. The number of aromatic carboxylic acids is 1. The maximum Gasteiger partial charge on any atom is 0.359 e. The Bertz CT molecular complexity index is 878. The van der Waals surface area contributed by atoms with Gasteiger partial charge in [0.15, 0.2) is 0 Å². The number of aryl methyl sites for hydroxylation is 1. The first kappa shape index (κ1) is 18.0. The van der Waals surface area contributed by atoms with Gasteiger partial charge in [0.25, 0.3) is 0 Å². The molecule has 1 aromatic heterocycles. The maximum atomic E-state index is 11.5. The normalized spacial score (nSPS) is 11.8. The molecule has 0 bridgehead atoms. The van der Waals surface area contributed by atoms with Gasteiger partial charge in [-0.25, -0.2) is 14.1 Å². The third-order valence-electron chi connectivity index (χ3n) is 3.04. The molecule has 0 amide bonds. The molecule has 2 rings (SSSR count). The number of rotatable bonds is 6. The summed E-state index contributed by atoms with van der Waals surface area (Å²) in [6, 6.07) is 2.54. The standard InChI is InChI=1S/C13H14N4O5S2/c1-3-17(24(20,21)22)11-7-9(12(18)19)10(6-8(11)2)15-16-13-14-4-5-23-13/h4-7H,3H2,1-2H3,(H,18,19)(H,20,21,22). The second kappa shape index (κ2) is 7.03. The quantitative estimate of drug-likeness (QED) is 0.592. The molecule has 24 heavy (non-hydrogen) atoms. The van der Waals surface area contributed by atoms with Gasteiger partial charge >= 0.3 is 16.3 Å². The fraction of sp³-hybridized carbons (Fsp3) is 0.231. The Morgan fingerprint density at radius 2 is 2.08 bits per heavy atom. The summed E-state index contributed by atoms with van der Waals surface area (Å²) in [5.74, 6) is -1.30. The predicted octanol–water partition coefficient (Wildman–Crippen LogP) is 3.19. The average molecular weight is 370 g/mol. The van der Waals surface area contributed by atoms with Gasteiger partial charge in [-0.3, -0.25) is 4.55 Å². The molecule has 0 spiro atoms. The highest BCUT2D eigenvalue weighted by atomic mass is 32.2. The first-order valence-electron chi connectivity index (χ1n) is 6.68. The number of azo groups is 1. The fourth-order valence-corrected chi connectivity index (χ4v) is 3.25. The number of anilines is 1. The van der Waals surface area contributed by atoms with Crippen molar-refractivity contribution < 1.29 is 22.9 Å². The molecule has 1 aromatic carbocycles. The van der Waals surface area contributed by atoms with Crippen LogP contribution in [0.15, 0.2) is 33.9 Å². The summed E-state index contributed by atoms with van der Waals surface area (Å²) in [6.07, 6.45) is 1.54. The Balaban J connectivity index is 2.55. The summed E-state index contributed by atoms with van der Waals surface area (Å²) in [6.45, 7) is 3.04. The zero-order chi connectivity index (χ0) is 17.9. The van der Waals surface area contributed by atoms with Gasteiger partial charge in [0.05, 0.1) is 11.3 Å². The number of carbonyl (C=O) groups is 1. The van der Waals surface area contributed by atoms with Gasteiger partial charge in [-0.15, -0.1) is 21.6 Å². The number of aromatic nitrogens is 1. The predicted molar refractivity (Wildman–Crippen MR) is 89.0 cm³/mol. The highest BCUT2D eigenvalue weighted by Gasteiger charge is 2.23. The Labute approximate surface area is 142 Å². The molecule has 0 saturated carbocycles. The molecule has 2 aromatic rings. The van der Waals surface area contributed by atoms with Crippen molar-refractivity contribution in [2.45, 2.75) is 13.8 Å². The molecule has 128 valence electrons. The lowest BCUT2D eigenvalue weighted by Gasteiger charge is -2.21. The first-order chi connectivity index (χ1) is 11.2. The van der Waals surface area contributed by atoms with Crippen molar-refractivity contribution in [2.24, 2.45) is 10.2 Å². The van der Waals surface area contributed by atoms with Crippen LogP contribution < -0.4 is 4.31 Å². The van der Waals surface area contributed by atoms with Gasteiger partial charge in [0.1, 0.15) is 5.69 Å². The van der Waals surface area contributed by atoms with Crippen LogP contribution in [0.2, 0.25) is 0 Å². The summed E-state index contributed by atoms with van der Waals surface area (Å²) in [7, 11) is -4.52. The van der Waals surface area contributed by atoms with E-state index in [9.17, 15) is 22.9 Å². The molecule has 0 atom stereocenters. The van der Waals surface area contributed by atoms with Gasteiger partial charge in [0.2, 0.25) is 5.13 Å². The summed E-state index contributed by atoms with van der Waals surface area (Å²) < 4.78 is 32.9. The Hall–Kier alpha value is -2.37. The molecule has 0 aliphatic rings. The molecule has 0 aliphatic heterocycles. The Kier molecular flexibility index (Phi) is 5.26. The van der Waals surface area contributed by atoms with E-state index in [0.717, 1.165) is 6.07 Å². The van der Waals surface area contributed by atoms with E-state index in [4.69, 9.17) is 0 Å². The number of thiazole rings is 1. The molecule has 0 radical (unpaired) electrons. The Morgan fingerprint density at radius 3 is 2.58 bits per heavy atom. The molecule has 1 heterocycles. The first-order valence-corrected chi connectivity index (χ1v) is 8.96. The van der Waals surface area contributed by atoms with Crippen LogP contribution >= 0.6 is 11.3 Å². The van der Waals surface area contributed by atoms with Crippen molar-refractivity contribution >= 4 is 44.1 Å². The highest BCUT2D eigenvalue weighted by Crippen LogP contribution is 2.32. The van der Waals surface area contributed by atoms with Gasteiger partial charge in [-0.05, 0) is 31.5 Å². The smallest absolute Gasteiger partial charge is 0.359 e. The zero-order valence-electron chi connectivity index (χ0n) is 12.7. The lowest BCUT2D eigenvalue weighted by molar-refractivity contribution is 0.0697. The third-order valence-corrected chi connectivity index (χ3v) is 4.71. The lowest BCUT2D eigenvalue weighted by Crippen LogP contribution is -2.30. The number of hydrogen-bond donors (Lipinski definition) is 2. The van der Waals surface area contributed by atoms with Crippen LogP contribution in [0.25, 0.3) is 0 Å². The van der Waals surface area contributed by atoms with Crippen molar-refractivity contribution in [1.29, 1.82) is 0 Å². The van der Waals surface area contributed by atoms with E-state index >= 15 is 0 Å². The van der Waals surface area contributed by atoms with E-state index in [-0.39, 0.29) is 23.5 Å². The van der Waals surface area contributed by atoms with E-state index in [1.807, 2.05) is 0 Å². The van der Waals surface area contributed by atoms with Gasteiger partial charge < -0.3 is 5.11 Å². The fourth-order valence-electron chi connectivity index (χ4n) is 2.02. The summed E-state index contributed by atoms with van der Waals surface area (Å²) in [5.41, 5.74) is 0.307. The SMILES string of the molecule is CCN(c1cc(C(=O)O)c(N=Nc2nccs2)cc1C)S(=O)(=O)O. The van der Waals surface area contributed by atoms with E-state index in [1.54, 1.807) is 12.3 Å². The van der Waals surface area contributed by atoms with Gasteiger partial charge in [0, 0.05) is 18.1 Å². The van der Waals surface area contributed by atoms with Gasteiger partial charge in [-0.2, -0.15) is 8.42 Å². The monoisotopic (exact) mass is 370 g/mol. The average Bonchev–Trinajstić information content (AvgIpc) is 2.99. The largest absolute Gasteiger partial charge is 0.478 e. The molecular formula is C13H14N4O5S2. The van der Waals surface area contributed by atoms with Crippen molar-refractivity contribution in [3.05, 3.63) is 34.8 Å². The minimum Gasteiger partial charge on any atom is -0.478 e. The molecule has 0 unspecified atom stereocenters. The number of nitrogens with zero attached hydrogens (tertiary/aromatic N) is 4. The number of carboxylic acid groups (broad SMARTS) is 1. The number of carboxylic acids is 1. The van der Waals surface area contributed by atoms with Crippen LogP contribution in [-0.4, -0.2) is 35.6 Å². The minimum atomic E-state index is -4.52. The summed E-state index contributed by atoms with van der Waals surface area (Å²) >= 11 is 1.24. The van der Waals surface area contributed by atoms with Crippen molar-refractivity contribution in [3.8, 4) is 0 Å². The highest BCUT2D eigenvalue weighted by molar-refractivity contribution is 7.87. The molecule has 0 aliphatic carbocycles. The van der Waals surface area contributed by atoms with Gasteiger partial charge in [-0.1, -0.05) is 0 Å². The molecule has 9 nitrogen and oxygen atoms in total. The topological polar surface area (TPSA) is 133 Å². The number of benzene rings is 1. The van der Waals surface area contributed by atoms with Crippen LogP contribution in [-0.2, 0) is 10.3 Å². The maximum absolute atomic E-state index is 11.5. The minimum absolute atomic E-state index is 0.0568. The van der Waals surface area contributed by atoms with Crippen LogP contribution in [0.3, 0.4) is 0 Å². The van der Waals surface area contributed by atoms with Crippen LogP contribution in [0.1, 0.15) is 22.8 Å². The van der Waals surface area contributed by atoms with E-state index in [0.29, 0.717) is 15.0 Å². The molecule has 0 saturated heterocycles. The van der Waals surface area contributed by atoms with Crippen molar-refractivity contribution in [1.82, 2.24) is 4.98 Å². The summed E-state index contributed by atoms with van der Waals surface area (Å²) in [5, 5.41) is 19.1. The number of hydrogen-bond acceptors (Lipinski definition) is 7. The van der Waals surface area contributed by atoms with E-state index in [2.05, 4.69) is 15.2 Å². The van der Waals surface area contributed by atoms with Crippen molar-refractivity contribution in [3.63, 3.8) is 0 Å². The zero-order valence-corrected chi connectivity index (χ0v) is 14.4. The molecule has 0 fully saturated rings. The van der Waals surface area contributed by atoms with E-state index in [1.165, 1.54) is 30.5 Å². The Morgan fingerprint density at radius 1 is 1.38 bits per heavy atom. The van der Waals surface area contributed by atoms with E-state index < -0.39 is 16.3 Å². The molecule has 11 heteroatoms. The van der Waals surface area contributed by atoms with Crippen LogP contribution in [0.4, 0.5) is 16.5 Å². The van der Waals surface area contributed by atoms with Crippen LogP contribution in [0, 0.1) is 6.92 Å². The lowest BCUT2D eigenvalue weighted by atomic mass is 10.1. The third kappa shape index (κ3) is 3.93. The van der Waals surface area contributed by atoms with Crippen molar-refractivity contribution in [2.75, 3.05) is 10.8 Å². The molecular weight excluding hydrogens is 356 g/mol.